The molecule has 2 aromatic carbocycles. The predicted molar refractivity (Wildman–Crippen MR) is 99.8 cm³/mol. The maximum atomic E-state index is 13.2. The molecule has 1 aliphatic rings. The molecule has 0 saturated carbocycles. The monoisotopic (exact) mass is 391 g/mol. The summed E-state index contributed by atoms with van der Waals surface area (Å²) in [4.78, 5) is 6.51. The van der Waals surface area contributed by atoms with Crippen LogP contribution < -0.4 is 4.90 Å². The third-order valence-electron chi connectivity index (χ3n) is 5.18. The minimum absolute atomic E-state index is 0.0389. The summed E-state index contributed by atoms with van der Waals surface area (Å²) in [6.45, 7) is 1.43. The van der Waals surface area contributed by atoms with Crippen LogP contribution in [0.2, 0.25) is 0 Å². The summed E-state index contributed by atoms with van der Waals surface area (Å²) < 4.78 is 40.5. The maximum Gasteiger partial charge on any atom is 0.416 e. The summed E-state index contributed by atoms with van der Waals surface area (Å²) in [7, 11) is 0. The highest BCUT2D eigenvalue weighted by Crippen LogP contribution is 2.37. The fourth-order valence-electron chi connectivity index (χ4n) is 3.83. The van der Waals surface area contributed by atoms with E-state index in [0.717, 1.165) is 47.9 Å². The minimum Gasteiger partial charge on any atom is -0.370 e. The second kappa shape index (κ2) is 7.03. The molecule has 7 heteroatoms. The quantitative estimate of drug-likeness (QED) is 0.556. The number of thiazole rings is 1. The van der Waals surface area contributed by atoms with Crippen molar-refractivity contribution in [2.24, 2.45) is 5.92 Å². The molecule has 1 aliphatic heterocycles. The highest BCUT2D eigenvalue weighted by molar-refractivity contribution is 7.16. The number of piperidine rings is 1. The lowest BCUT2D eigenvalue weighted by atomic mass is 9.88. The first-order chi connectivity index (χ1) is 12.9. The first-order valence-corrected chi connectivity index (χ1v) is 9.74. The van der Waals surface area contributed by atoms with Crippen molar-refractivity contribution in [2.45, 2.75) is 25.4 Å². The third kappa shape index (κ3) is 3.74. The zero-order chi connectivity index (χ0) is 19.0. The Labute approximate surface area is 159 Å². The van der Waals surface area contributed by atoms with Crippen molar-refractivity contribution in [2.75, 3.05) is 18.0 Å². The van der Waals surface area contributed by atoms with Gasteiger partial charge in [0.15, 0.2) is 5.75 Å². The van der Waals surface area contributed by atoms with Crippen molar-refractivity contribution in [1.29, 1.82) is 0 Å². The van der Waals surface area contributed by atoms with Crippen molar-refractivity contribution in [3.8, 4) is 5.75 Å². The van der Waals surface area contributed by atoms with Crippen LogP contribution in [-0.4, -0.2) is 18.1 Å². The van der Waals surface area contributed by atoms with Crippen LogP contribution in [0.15, 0.2) is 41.9 Å². The fraction of sp³-hybridized carbons (Fsp3) is 0.350. The third-order valence-corrected chi connectivity index (χ3v) is 5.95. The smallest absolute Gasteiger partial charge is 0.370 e. The number of benzene rings is 2. The Balaban J connectivity index is 1.48. The zero-order valence-corrected chi connectivity index (χ0v) is 15.3. The molecule has 4 rings (SSSR count). The van der Waals surface area contributed by atoms with E-state index < -0.39 is 11.7 Å². The van der Waals surface area contributed by atoms with Gasteiger partial charge in [-0.3, -0.25) is 5.11 Å². The number of aromatic nitrogens is 1. The molecular weight excluding hydrogens is 373 g/mol. The van der Waals surface area contributed by atoms with E-state index in [-0.39, 0.29) is 11.7 Å². The van der Waals surface area contributed by atoms with Crippen LogP contribution in [0.4, 0.5) is 18.9 Å². The number of nitrogens with zero attached hydrogens (tertiary/aromatic N) is 2. The predicted octanol–water partition coefficient (Wildman–Crippen LogP) is 5.92. The molecule has 0 amide bonds. The lowest BCUT2D eigenvalue weighted by Gasteiger charge is -2.34. The normalized spacial score (nSPS) is 16.2. The summed E-state index contributed by atoms with van der Waals surface area (Å²) >= 11 is 1.44. The van der Waals surface area contributed by atoms with Crippen molar-refractivity contribution >= 4 is 27.2 Å². The number of hydrogen-bond donors (Lipinski definition) is 0. The number of hydrogen-bond acceptors (Lipinski definition) is 3. The molecule has 0 aliphatic carbocycles. The van der Waals surface area contributed by atoms with E-state index in [4.69, 9.17) is 0 Å². The standard InChI is InChI=1S/C20H18F3N2OS/c21-20(22,23)16-4-2-1-3-14(16)9-13-5-7-25(8-6-13)17-10-15(26)11-18-19(17)24-12-27-18/h1-4,10-13H,5-9H2. The topological polar surface area (TPSA) is 36.0 Å². The van der Waals surface area contributed by atoms with Crippen LogP contribution in [0.3, 0.4) is 0 Å². The van der Waals surface area contributed by atoms with Gasteiger partial charge in [0.05, 0.1) is 21.5 Å². The van der Waals surface area contributed by atoms with E-state index in [0.29, 0.717) is 12.0 Å². The van der Waals surface area contributed by atoms with Gasteiger partial charge in [-0.1, -0.05) is 18.2 Å². The molecule has 1 fully saturated rings. The van der Waals surface area contributed by atoms with Crippen LogP contribution in [0.25, 0.3) is 10.2 Å². The molecule has 2 heterocycles. The van der Waals surface area contributed by atoms with Crippen molar-refractivity contribution in [3.63, 3.8) is 0 Å². The van der Waals surface area contributed by atoms with E-state index in [9.17, 15) is 18.3 Å². The summed E-state index contributed by atoms with van der Waals surface area (Å²) in [5, 5.41) is 11.9. The lowest BCUT2D eigenvalue weighted by Crippen LogP contribution is -2.34. The molecule has 0 N–H and O–H groups in total. The highest BCUT2D eigenvalue weighted by atomic mass is 32.1. The molecule has 3 aromatic rings. The van der Waals surface area contributed by atoms with E-state index in [1.807, 2.05) is 0 Å². The van der Waals surface area contributed by atoms with Gasteiger partial charge in [-0.15, -0.1) is 11.3 Å². The molecule has 0 bridgehead atoms. The van der Waals surface area contributed by atoms with Gasteiger partial charge in [0.25, 0.3) is 0 Å². The number of halogens is 3. The van der Waals surface area contributed by atoms with Gasteiger partial charge in [0.1, 0.15) is 5.52 Å². The molecule has 27 heavy (non-hydrogen) atoms. The second-order valence-electron chi connectivity index (χ2n) is 6.93. The van der Waals surface area contributed by atoms with Gasteiger partial charge in [0.2, 0.25) is 0 Å². The Morgan fingerprint density at radius 3 is 2.63 bits per heavy atom. The van der Waals surface area contributed by atoms with E-state index in [1.54, 1.807) is 29.8 Å². The average Bonchev–Trinajstić information content (AvgIpc) is 3.09. The average molecular weight is 391 g/mol. The molecule has 1 aromatic heterocycles. The van der Waals surface area contributed by atoms with E-state index >= 15 is 0 Å². The first-order valence-electron chi connectivity index (χ1n) is 8.86. The largest absolute Gasteiger partial charge is 0.416 e. The first kappa shape index (κ1) is 18.1. The zero-order valence-electron chi connectivity index (χ0n) is 14.5. The van der Waals surface area contributed by atoms with Gasteiger partial charge in [-0.05, 0) is 36.8 Å². The molecule has 141 valence electrons. The van der Waals surface area contributed by atoms with Crippen LogP contribution >= 0.6 is 11.3 Å². The van der Waals surface area contributed by atoms with E-state index in [1.165, 1.54) is 17.4 Å². The molecular formula is C20H18F3N2OS. The summed E-state index contributed by atoms with van der Waals surface area (Å²) in [6.07, 6.45) is -2.30. The van der Waals surface area contributed by atoms with Crippen LogP contribution in [-0.2, 0) is 17.7 Å². The van der Waals surface area contributed by atoms with Crippen LogP contribution in [0.5, 0.6) is 5.75 Å². The summed E-state index contributed by atoms with van der Waals surface area (Å²) in [5.74, 6) is 0.161. The molecule has 1 saturated heterocycles. The maximum absolute atomic E-state index is 13.2. The Bertz CT molecular complexity index is 946. The van der Waals surface area contributed by atoms with E-state index in [2.05, 4.69) is 9.88 Å². The number of fused-ring (bicyclic) bond motifs is 1. The number of anilines is 1. The summed E-state index contributed by atoms with van der Waals surface area (Å²) in [5.41, 5.74) is 3.24. The summed E-state index contributed by atoms with van der Waals surface area (Å²) in [6, 6.07) is 9.04. The van der Waals surface area contributed by atoms with Crippen LogP contribution in [0, 0.1) is 5.92 Å². The van der Waals surface area contributed by atoms with Gasteiger partial charge in [0, 0.05) is 25.2 Å². The van der Waals surface area contributed by atoms with Gasteiger partial charge >= 0.3 is 6.18 Å². The van der Waals surface area contributed by atoms with Gasteiger partial charge in [-0.2, -0.15) is 13.2 Å². The fourth-order valence-corrected chi connectivity index (χ4v) is 4.55. The SMILES string of the molecule is [O]c1cc(N2CCC(Cc3ccccc3C(F)(F)F)CC2)c2ncsc2c1. The molecule has 0 unspecified atom stereocenters. The van der Waals surface area contributed by atoms with Gasteiger partial charge in [-0.25, -0.2) is 4.98 Å². The van der Waals surface area contributed by atoms with Gasteiger partial charge < -0.3 is 4.90 Å². The number of rotatable bonds is 3. The van der Waals surface area contributed by atoms with Crippen LogP contribution in [0.1, 0.15) is 24.0 Å². The number of alkyl halides is 3. The Kier molecular flexibility index (Phi) is 4.72. The van der Waals surface area contributed by atoms with Crippen molar-refractivity contribution in [3.05, 3.63) is 53.0 Å². The second-order valence-corrected chi connectivity index (χ2v) is 7.82. The molecule has 0 spiro atoms. The lowest BCUT2D eigenvalue weighted by molar-refractivity contribution is -0.138. The molecule has 3 nitrogen and oxygen atoms in total. The Morgan fingerprint density at radius 2 is 1.89 bits per heavy atom. The molecule has 1 radical (unpaired) electrons. The Hall–Kier alpha value is -2.28. The Morgan fingerprint density at radius 1 is 1.15 bits per heavy atom. The van der Waals surface area contributed by atoms with Crippen molar-refractivity contribution in [1.82, 2.24) is 4.98 Å². The highest BCUT2D eigenvalue weighted by Gasteiger charge is 2.33. The van der Waals surface area contributed by atoms with Crippen molar-refractivity contribution < 1.29 is 18.3 Å². The molecule has 0 atom stereocenters. The minimum atomic E-state index is -4.32.